The zero-order chi connectivity index (χ0) is 8.48. The molecule has 0 heterocycles. The number of nitrogen functional groups attached to an aromatic ring is 1. The molecular weight excluding hydrogens is 214 g/mol. The van der Waals surface area contributed by atoms with Crippen molar-refractivity contribution in [3.63, 3.8) is 0 Å². The van der Waals surface area contributed by atoms with Gasteiger partial charge in [0.05, 0.1) is 0 Å². The van der Waals surface area contributed by atoms with E-state index in [1.807, 2.05) is 18.2 Å². The monoisotopic (exact) mass is 229 g/mol. The van der Waals surface area contributed by atoms with Gasteiger partial charge in [-0.15, -0.1) is 17.0 Å². The third kappa shape index (κ3) is 2.86. The molecule has 0 fully saturated rings. The minimum absolute atomic E-state index is 0. The third-order valence-corrected chi connectivity index (χ3v) is 1.75. The summed E-state index contributed by atoms with van der Waals surface area (Å²) in [5, 5.41) is 0. The van der Waals surface area contributed by atoms with E-state index in [2.05, 4.69) is 26.8 Å². The Hall–Kier alpha value is -0.500. The topological polar surface area (TPSA) is 26.0 Å². The molecule has 0 atom stereocenters. The zero-order valence-corrected chi connectivity index (χ0v) is 9.51. The largest absolute Gasteiger partial charge is 0.399 e. The van der Waals surface area contributed by atoms with E-state index in [-0.39, 0.29) is 22.4 Å². The molecule has 12 heavy (non-hydrogen) atoms. The van der Waals surface area contributed by atoms with Gasteiger partial charge in [-0.25, -0.2) is 0 Å². The van der Waals surface area contributed by atoms with Gasteiger partial charge in [-0.1, -0.05) is 32.9 Å². The first-order valence-corrected chi connectivity index (χ1v) is 3.86. The highest BCUT2D eigenvalue weighted by Gasteiger charge is 2.12. The van der Waals surface area contributed by atoms with E-state index in [4.69, 9.17) is 5.73 Å². The van der Waals surface area contributed by atoms with Crippen molar-refractivity contribution in [3.05, 3.63) is 29.8 Å². The third-order valence-electron chi connectivity index (χ3n) is 1.75. The maximum Gasteiger partial charge on any atom is 0.0316 e. The molecular formula is C10H16BrN. The average molecular weight is 230 g/mol. The number of hydrogen-bond donors (Lipinski definition) is 1. The molecule has 0 radical (unpaired) electrons. The maximum absolute atomic E-state index is 5.66. The van der Waals surface area contributed by atoms with Crippen LogP contribution in [0, 0.1) is 0 Å². The quantitative estimate of drug-likeness (QED) is 0.681. The molecule has 0 aliphatic carbocycles. The second kappa shape index (κ2) is 3.94. The lowest BCUT2D eigenvalue weighted by Crippen LogP contribution is -2.10. The molecule has 2 heteroatoms. The van der Waals surface area contributed by atoms with E-state index in [0.29, 0.717) is 0 Å². The molecule has 0 aromatic heterocycles. The maximum atomic E-state index is 5.66. The highest BCUT2D eigenvalue weighted by atomic mass is 79.9. The molecule has 0 spiro atoms. The van der Waals surface area contributed by atoms with Crippen LogP contribution in [0.4, 0.5) is 5.69 Å². The second-order valence-electron chi connectivity index (χ2n) is 3.88. The van der Waals surface area contributed by atoms with Crippen molar-refractivity contribution < 1.29 is 0 Å². The first-order chi connectivity index (χ1) is 5.00. The number of nitrogens with two attached hydrogens (primary N) is 1. The molecule has 0 bridgehead atoms. The van der Waals surface area contributed by atoms with E-state index in [0.717, 1.165) is 5.69 Å². The predicted octanol–water partition coefficient (Wildman–Crippen LogP) is 3.14. The van der Waals surface area contributed by atoms with Crippen molar-refractivity contribution in [2.75, 3.05) is 5.73 Å². The van der Waals surface area contributed by atoms with E-state index < -0.39 is 0 Å². The van der Waals surface area contributed by atoms with Crippen molar-refractivity contribution in [2.24, 2.45) is 0 Å². The standard InChI is InChI=1S/C10H15N.BrH/c1-10(2,3)8-5-4-6-9(11)7-8;/h4-7H,11H2,1-3H3;1H. The van der Waals surface area contributed by atoms with Gasteiger partial charge in [-0.3, -0.25) is 0 Å². The lowest BCUT2D eigenvalue weighted by atomic mass is 9.87. The Bertz CT molecular complexity index is 250. The minimum Gasteiger partial charge on any atom is -0.399 e. The zero-order valence-electron chi connectivity index (χ0n) is 7.79. The number of anilines is 1. The van der Waals surface area contributed by atoms with Crippen LogP contribution < -0.4 is 5.73 Å². The summed E-state index contributed by atoms with van der Waals surface area (Å²) in [7, 11) is 0. The molecule has 0 amide bonds. The lowest BCUT2D eigenvalue weighted by Gasteiger charge is -2.18. The summed E-state index contributed by atoms with van der Waals surface area (Å²) in [5.41, 5.74) is 7.99. The summed E-state index contributed by atoms with van der Waals surface area (Å²) in [6.45, 7) is 6.55. The van der Waals surface area contributed by atoms with Gasteiger partial charge in [0.2, 0.25) is 0 Å². The number of hydrogen-bond acceptors (Lipinski definition) is 1. The van der Waals surface area contributed by atoms with Crippen molar-refractivity contribution in [1.29, 1.82) is 0 Å². The smallest absolute Gasteiger partial charge is 0.0316 e. The number of benzene rings is 1. The van der Waals surface area contributed by atoms with Crippen LogP contribution in [0.2, 0.25) is 0 Å². The van der Waals surface area contributed by atoms with Crippen LogP contribution in [0.1, 0.15) is 26.3 Å². The van der Waals surface area contributed by atoms with Gasteiger partial charge < -0.3 is 5.73 Å². The average Bonchev–Trinajstić information content (AvgIpc) is 1.86. The minimum atomic E-state index is 0. The highest BCUT2D eigenvalue weighted by molar-refractivity contribution is 8.93. The Morgan fingerprint density at radius 3 is 2.08 bits per heavy atom. The summed E-state index contributed by atoms with van der Waals surface area (Å²) in [6.07, 6.45) is 0. The van der Waals surface area contributed by atoms with Gasteiger partial charge in [0, 0.05) is 5.69 Å². The SMILES string of the molecule is Br.CC(C)(C)c1cccc(N)c1. The molecule has 0 unspecified atom stereocenters. The number of rotatable bonds is 0. The first kappa shape index (κ1) is 11.5. The summed E-state index contributed by atoms with van der Waals surface area (Å²) >= 11 is 0. The fourth-order valence-corrected chi connectivity index (χ4v) is 1.01. The van der Waals surface area contributed by atoms with Gasteiger partial charge in [-0.2, -0.15) is 0 Å². The van der Waals surface area contributed by atoms with E-state index in [9.17, 15) is 0 Å². The molecule has 1 rings (SSSR count). The van der Waals surface area contributed by atoms with Crippen LogP contribution in [0.5, 0.6) is 0 Å². The van der Waals surface area contributed by atoms with Crippen LogP contribution >= 0.6 is 17.0 Å². The van der Waals surface area contributed by atoms with Gasteiger partial charge >= 0.3 is 0 Å². The van der Waals surface area contributed by atoms with Crippen molar-refractivity contribution in [1.82, 2.24) is 0 Å². The van der Waals surface area contributed by atoms with Gasteiger partial charge in [-0.05, 0) is 23.1 Å². The van der Waals surface area contributed by atoms with Crippen LogP contribution in [0.25, 0.3) is 0 Å². The molecule has 2 N–H and O–H groups in total. The van der Waals surface area contributed by atoms with Crippen LogP contribution in [-0.4, -0.2) is 0 Å². The predicted molar refractivity (Wildman–Crippen MR) is 59.9 cm³/mol. The summed E-state index contributed by atoms with van der Waals surface area (Å²) in [6, 6.07) is 8.04. The second-order valence-corrected chi connectivity index (χ2v) is 3.88. The summed E-state index contributed by atoms with van der Waals surface area (Å²) in [4.78, 5) is 0. The lowest BCUT2D eigenvalue weighted by molar-refractivity contribution is 0.590. The first-order valence-electron chi connectivity index (χ1n) is 3.86. The van der Waals surface area contributed by atoms with E-state index in [1.54, 1.807) is 0 Å². The molecule has 68 valence electrons. The fourth-order valence-electron chi connectivity index (χ4n) is 1.01. The van der Waals surface area contributed by atoms with Gasteiger partial charge in [0.1, 0.15) is 0 Å². The van der Waals surface area contributed by atoms with Crippen LogP contribution in [-0.2, 0) is 5.41 Å². The van der Waals surface area contributed by atoms with Crippen LogP contribution in [0.15, 0.2) is 24.3 Å². The Balaban J connectivity index is 0.00000121. The Labute approximate surface area is 84.7 Å². The molecule has 0 saturated heterocycles. The van der Waals surface area contributed by atoms with Gasteiger partial charge in [0.25, 0.3) is 0 Å². The van der Waals surface area contributed by atoms with Crippen molar-refractivity contribution in [3.8, 4) is 0 Å². The number of halogens is 1. The van der Waals surface area contributed by atoms with Gasteiger partial charge in [0.15, 0.2) is 0 Å². The van der Waals surface area contributed by atoms with E-state index >= 15 is 0 Å². The molecule has 1 aromatic carbocycles. The Morgan fingerprint density at radius 2 is 1.75 bits per heavy atom. The van der Waals surface area contributed by atoms with Crippen LogP contribution in [0.3, 0.4) is 0 Å². The summed E-state index contributed by atoms with van der Waals surface area (Å²) < 4.78 is 0. The fraction of sp³-hybridized carbons (Fsp3) is 0.400. The highest BCUT2D eigenvalue weighted by Crippen LogP contribution is 2.23. The van der Waals surface area contributed by atoms with E-state index in [1.165, 1.54) is 5.56 Å². The molecule has 0 saturated carbocycles. The Kier molecular flexibility index (Phi) is 3.78. The molecule has 0 aliphatic rings. The van der Waals surface area contributed by atoms with Crippen molar-refractivity contribution >= 4 is 22.7 Å². The normalized spacial score (nSPS) is 10.6. The summed E-state index contributed by atoms with van der Waals surface area (Å²) in [5.74, 6) is 0. The molecule has 1 nitrogen and oxygen atoms in total. The Morgan fingerprint density at radius 1 is 1.17 bits per heavy atom. The molecule has 0 aliphatic heterocycles. The molecule has 1 aromatic rings. The van der Waals surface area contributed by atoms with Crippen molar-refractivity contribution in [2.45, 2.75) is 26.2 Å².